The molecule has 5 aromatic rings. The predicted octanol–water partition coefficient (Wildman–Crippen LogP) is 6.15. The molecule has 5 rings (SSSR count). The van der Waals surface area contributed by atoms with Crippen LogP contribution in [0.4, 0.5) is 17.3 Å². The van der Waals surface area contributed by atoms with Gasteiger partial charge in [-0.25, -0.2) is 0 Å². The number of nitrogens with one attached hydrogen (secondary N) is 3. The van der Waals surface area contributed by atoms with Gasteiger partial charge >= 0.3 is 0 Å². The van der Waals surface area contributed by atoms with Crippen molar-refractivity contribution in [2.24, 2.45) is 0 Å². The van der Waals surface area contributed by atoms with Crippen LogP contribution in [0.1, 0.15) is 12.6 Å². The van der Waals surface area contributed by atoms with Crippen LogP contribution in [-0.2, 0) is 6.42 Å². The van der Waals surface area contributed by atoms with Gasteiger partial charge in [0.15, 0.2) is 17.2 Å². The number of rotatable bonds is 8. The number of aromatic amines is 1. The number of nitrogens with zero attached hydrogens (tertiary/aromatic N) is 2. The minimum atomic E-state index is 0.600. The molecule has 0 fully saturated rings. The van der Waals surface area contributed by atoms with Gasteiger partial charge < -0.3 is 24.0 Å². The average Bonchev–Trinajstić information content (AvgIpc) is 3.47. The topological polar surface area (TPSA) is 97.2 Å². The molecule has 0 aliphatic rings. The molecular formula is C24H23N5O3S. The maximum Gasteiger partial charge on any atom is 0.187 e. The van der Waals surface area contributed by atoms with Crippen molar-refractivity contribution in [2.75, 3.05) is 24.3 Å². The van der Waals surface area contributed by atoms with Crippen LogP contribution in [0.2, 0.25) is 0 Å². The number of aryl methyl sites for hydroxylation is 1. The molecule has 0 aliphatic heterocycles. The molecule has 3 aromatic carbocycles. The minimum Gasteiger partial charge on any atom is -0.495 e. The van der Waals surface area contributed by atoms with Crippen LogP contribution in [-0.4, -0.2) is 29.6 Å². The summed E-state index contributed by atoms with van der Waals surface area (Å²) >= 11 is 1.42. The Bertz CT molecular complexity index is 1430. The summed E-state index contributed by atoms with van der Waals surface area (Å²) < 4.78 is 20.1. The fourth-order valence-electron chi connectivity index (χ4n) is 3.59. The number of aromatic nitrogens is 3. The van der Waals surface area contributed by atoms with Crippen LogP contribution in [0, 0.1) is 0 Å². The van der Waals surface area contributed by atoms with Gasteiger partial charge in [0.25, 0.3) is 0 Å². The fraction of sp³-hybridized carbons (Fsp3) is 0.167. The van der Waals surface area contributed by atoms with Crippen LogP contribution in [0.15, 0.2) is 64.0 Å². The molecule has 0 spiro atoms. The summed E-state index contributed by atoms with van der Waals surface area (Å²) in [6.45, 7) is 2.07. The molecule has 0 aliphatic carbocycles. The number of methoxy groups -OCH3 is 2. The Balaban J connectivity index is 1.42. The lowest BCUT2D eigenvalue weighted by molar-refractivity contribution is 0.405. The van der Waals surface area contributed by atoms with Gasteiger partial charge in [-0.2, -0.15) is 5.10 Å². The Morgan fingerprint density at radius 2 is 1.79 bits per heavy atom. The second-order valence-corrected chi connectivity index (χ2v) is 8.24. The van der Waals surface area contributed by atoms with E-state index in [9.17, 15) is 0 Å². The highest BCUT2D eigenvalue weighted by Gasteiger charge is 2.16. The van der Waals surface area contributed by atoms with Gasteiger partial charge in [0.05, 0.1) is 30.2 Å². The Hall–Kier alpha value is -3.85. The third-order valence-electron chi connectivity index (χ3n) is 5.36. The summed E-state index contributed by atoms with van der Waals surface area (Å²) in [5.41, 5.74) is 2.41. The summed E-state index contributed by atoms with van der Waals surface area (Å²) in [6.07, 6.45) is 0.877. The maximum atomic E-state index is 5.61. The standard InChI is InChI=1S/C24H23N5O3S/c1-4-16-11-23(27-26-16)25-18-13-19-17(12-20(18)30-2)24(28-32-19)29-33-22-10-15-8-6-5-7-14(15)9-21(22)31-3/h5-13H,4H2,1-3H3,(H,28,29)(H2,25,26,27). The van der Waals surface area contributed by atoms with Crippen molar-refractivity contribution in [1.82, 2.24) is 15.4 Å². The lowest BCUT2D eigenvalue weighted by Gasteiger charge is -2.11. The van der Waals surface area contributed by atoms with E-state index in [1.807, 2.05) is 36.4 Å². The molecule has 0 bridgehead atoms. The Labute approximate surface area is 194 Å². The molecule has 0 radical (unpaired) electrons. The second-order valence-electron chi connectivity index (χ2n) is 7.39. The first-order valence-corrected chi connectivity index (χ1v) is 11.3. The van der Waals surface area contributed by atoms with Crippen molar-refractivity contribution >= 4 is 51.0 Å². The first kappa shape index (κ1) is 21.0. The summed E-state index contributed by atoms with van der Waals surface area (Å²) in [5.74, 6) is 2.75. The van der Waals surface area contributed by atoms with E-state index in [1.54, 1.807) is 14.2 Å². The molecule has 33 heavy (non-hydrogen) atoms. The molecule has 8 nitrogen and oxygen atoms in total. The van der Waals surface area contributed by atoms with E-state index in [4.69, 9.17) is 14.0 Å². The van der Waals surface area contributed by atoms with Gasteiger partial charge in [-0.05, 0) is 47.3 Å². The van der Waals surface area contributed by atoms with Crippen molar-refractivity contribution in [1.29, 1.82) is 0 Å². The van der Waals surface area contributed by atoms with Gasteiger partial charge in [-0.1, -0.05) is 36.3 Å². The molecular weight excluding hydrogens is 438 g/mol. The van der Waals surface area contributed by atoms with Crippen LogP contribution in [0.25, 0.3) is 21.7 Å². The van der Waals surface area contributed by atoms with E-state index in [0.29, 0.717) is 23.0 Å². The zero-order chi connectivity index (χ0) is 22.8. The zero-order valence-corrected chi connectivity index (χ0v) is 19.2. The Morgan fingerprint density at radius 1 is 1.00 bits per heavy atom. The highest BCUT2D eigenvalue weighted by atomic mass is 32.2. The first-order valence-electron chi connectivity index (χ1n) is 10.5. The number of H-pyrrole nitrogens is 1. The van der Waals surface area contributed by atoms with E-state index in [1.165, 1.54) is 11.9 Å². The van der Waals surface area contributed by atoms with Crippen LogP contribution in [0.5, 0.6) is 11.5 Å². The molecule has 3 N–H and O–H groups in total. The smallest absolute Gasteiger partial charge is 0.187 e. The molecule has 0 unspecified atom stereocenters. The zero-order valence-electron chi connectivity index (χ0n) is 18.4. The largest absolute Gasteiger partial charge is 0.495 e. The third-order valence-corrected chi connectivity index (χ3v) is 6.19. The molecule has 0 amide bonds. The normalized spacial score (nSPS) is 11.1. The Kier molecular flexibility index (Phi) is 5.70. The SMILES string of the molecule is CCc1cc(Nc2cc3onc(NSc4cc5ccccc5cc4OC)c3cc2OC)n[nH]1. The number of benzene rings is 3. The van der Waals surface area contributed by atoms with E-state index < -0.39 is 0 Å². The van der Waals surface area contributed by atoms with E-state index >= 15 is 0 Å². The number of anilines is 3. The summed E-state index contributed by atoms with van der Waals surface area (Å²) in [7, 11) is 3.30. The molecule has 2 aromatic heterocycles. The van der Waals surface area contributed by atoms with E-state index in [0.717, 1.165) is 44.6 Å². The molecule has 0 saturated heterocycles. The van der Waals surface area contributed by atoms with Crippen molar-refractivity contribution in [2.45, 2.75) is 18.2 Å². The number of hydrogen-bond acceptors (Lipinski definition) is 8. The van der Waals surface area contributed by atoms with Crippen molar-refractivity contribution in [3.8, 4) is 11.5 Å². The van der Waals surface area contributed by atoms with Gasteiger partial charge in [0, 0.05) is 17.8 Å². The van der Waals surface area contributed by atoms with Crippen molar-refractivity contribution in [3.05, 3.63) is 60.3 Å². The van der Waals surface area contributed by atoms with E-state index in [2.05, 4.69) is 50.5 Å². The average molecular weight is 462 g/mol. The van der Waals surface area contributed by atoms with Crippen molar-refractivity contribution in [3.63, 3.8) is 0 Å². The molecule has 168 valence electrons. The highest BCUT2D eigenvalue weighted by Crippen LogP contribution is 2.38. The van der Waals surface area contributed by atoms with Crippen LogP contribution < -0.4 is 19.5 Å². The molecule has 2 heterocycles. The van der Waals surface area contributed by atoms with E-state index in [-0.39, 0.29) is 0 Å². The highest BCUT2D eigenvalue weighted by molar-refractivity contribution is 8.00. The van der Waals surface area contributed by atoms with Gasteiger partial charge in [0.1, 0.15) is 11.5 Å². The number of hydrogen-bond donors (Lipinski definition) is 3. The fourth-order valence-corrected chi connectivity index (χ4v) is 4.37. The second kappa shape index (κ2) is 8.95. The predicted molar refractivity (Wildman–Crippen MR) is 132 cm³/mol. The van der Waals surface area contributed by atoms with Crippen LogP contribution in [0.3, 0.4) is 0 Å². The third kappa shape index (κ3) is 4.14. The molecule has 0 atom stereocenters. The first-order chi connectivity index (χ1) is 16.2. The monoisotopic (exact) mass is 461 g/mol. The van der Waals surface area contributed by atoms with Crippen LogP contribution >= 0.6 is 11.9 Å². The quantitative estimate of drug-likeness (QED) is 0.237. The summed E-state index contributed by atoms with van der Waals surface area (Å²) in [4.78, 5) is 0.947. The lowest BCUT2D eigenvalue weighted by atomic mass is 10.1. The van der Waals surface area contributed by atoms with Gasteiger partial charge in [-0.15, -0.1) is 0 Å². The summed E-state index contributed by atoms with van der Waals surface area (Å²) in [5, 5.41) is 17.8. The number of ether oxygens (including phenoxy) is 2. The molecule has 9 heteroatoms. The van der Waals surface area contributed by atoms with Gasteiger partial charge in [-0.3, -0.25) is 5.10 Å². The lowest BCUT2D eigenvalue weighted by Crippen LogP contribution is -1.95. The summed E-state index contributed by atoms with van der Waals surface area (Å²) in [6, 6.07) is 18.0. The maximum absolute atomic E-state index is 5.61. The van der Waals surface area contributed by atoms with Crippen molar-refractivity contribution < 1.29 is 14.0 Å². The van der Waals surface area contributed by atoms with Gasteiger partial charge in [0.2, 0.25) is 0 Å². The molecule has 0 saturated carbocycles. The Morgan fingerprint density at radius 3 is 2.52 bits per heavy atom. The minimum absolute atomic E-state index is 0.600. The number of fused-ring (bicyclic) bond motifs is 2.